The van der Waals surface area contributed by atoms with Crippen molar-refractivity contribution in [3.8, 4) is 11.5 Å². The first-order chi connectivity index (χ1) is 13.4. The number of nitrogens with one attached hydrogen (secondary N) is 1. The quantitative estimate of drug-likeness (QED) is 0.384. The number of nitrogens with zero attached hydrogens (tertiary/aromatic N) is 1. The summed E-state index contributed by atoms with van der Waals surface area (Å²) in [7, 11) is 0. The molecule has 0 aliphatic heterocycles. The minimum atomic E-state index is -0.772. The second kappa shape index (κ2) is 10.1. The van der Waals surface area contributed by atoms with Gasteiger partial charge in [0, 0.05) is 5.02 Å². The van der Waals surface area contributed by atoms with Crippen LogP contribution >= 0.6 is 11.6 Å². The maximum absolute atomic E-state index is 11.9. The van der Waals surface area contributed by atoms with E-state index in [1.165, 1.54) is 18.2 Å². The van der Waals surface area contributed by atoms with E-state index >= 15 is 0 Å². The second-order valence-corrected chi connectivity index (χ2v) is 5.76. The molecule has 148 valence electrons. The van der Waals surface area contributed by atoms with E-state index in [1.54, 1.807) is 31.2 Å². The molecule has 2 aromatic rings. The average molecular weight is 409 g/mol. The third-order valence-electron chi connectivity index (χ3n) is 3.29. The predicted octanol–water partition coefficient (Wildman–Crippen LogP) is 3.21. The Morgan fingerprint density at radius 2 is 1.75 bits per heavy atom. The topological polar surface area (TPSA) is 117 Å². The number of hydrogen-bond donors (Lipinski definition) is 1. The molecule has 1 amide bonds. The van der Waals surface area contributed by atoms with Crippen LogP contribution < -0.4 is 14.8 Å². The molecule has 28 heavy (non-hydrogen) atoms. The number of rotatable bonds is 9. The first-order valence-corrected chi connectivity index (χ1v) is 8.52. The van der Waals surface area contributed by atoms with Crippen LogP contribution in [0.1, 0.15) is 6.92 Å². The summed E-state index contributed by atoms with van der Waals surface area (Å²) in [4.78, 5) is 34.1. The van der Waals surface area contributed by atoms with E-state index in [0.717, 1.165) is 0 Å². The largest absolute Gasteiger partial charge is 0.494 e. The van der Waals surface area contributed by atoms with Crippen LogP contribution in [0.15, 0.2) is 42.5 Å². The van der Waals surface area contributed by atoms with Crippen molar-refractivity contribution < 1.29 is 28.7 Å². The zero-order valence-electron chi connectivity index (χ0n) is 14.8. The number of hydrogen-bond acceptors (Lipinski definition) is 7. The van der Waals surface area contributed by atoms with Gasteiger partial charge in [0.2, 0.25) is 0 Å². The van der Waals surface area contributed by atoms with Crippen molar-refractivity contribution in [2.75, 3.05) is 25.1 Å². The number of nitro benzene ring substituents is 1. The molecule has 0 unspecified atom stereocenters. The molecule has 0 aliphatic carbocycles. The zero-order valence-corrected chi connectivity index (χ0v) is 15.6. The summed E-state index contributed by atoms with van der Waals surface area (Å²) in [6, 6.07) is 10.4. The van der Waals surface area contributed by atoms with Crippen molar-refractivity contribution in [2.45, 2.75) is 6.92 Å². The fourth-order valence-corrected chi connectivity index (χ4v) is 2.20. The molecule has 0 radical (unpaired) electrons. The van der Waals surface area contributed by atoms with Crippen LogP contribution in [0.2, 0.25) is 5.02 Å². The normalized spacial score (nSPS) is 10.1. The minimum Gasteiger partial charge on any atom is -0.494 e. The molecule has 1 N–H and O–H groups in total. The molecule has 0 saturated heterocycles. The molecule has 0 spiro atoms. The van der Waals surface area contributed by atoms with Crippen LogP contribution in [0.3, 0.4) is 0 Å². The predicted molar refractivity (Wildman–Crippen MR) is 101 cm³/mol. The van der Waals surface area contributed by atoms with Gasteiger partial charge in [-0.25, -0.2) is 4.79 Å². The fraction of sp³-hybridized carbons (Fsp3) is 0.222. The van der Waals surface area contributed by atoms with E-state index in [9.17, 15) is 19.7 Å². The van der Waals surface area contributed by atoms with Crippen LogP contribution in [0.25, 0.3) is 0 Å². The number of carbonyl (C=O) groups excluding carboxylic acids is 2. The Kier molecular flexibility index (Phi) is 7.58. The summed E-state index contributed by atoms with van der Waals surface area (Å²) >= 11 is 5.74. The van der Waals surface area contributed by atoms with Crippen molar-refractivity contribution in [3.63, 3.8) is 0 Å². The first kappa shape index (κ1) is 21.0. The molecule has 0 aromatic heterocycles. The third-order valence-corrected chi connectivity index (χ3v) is 3.54. The number of nitro groups is 1. The molecule has 9 nitrogen and oxygen atoms in total. The van der Waals surface area contributed by atoms with Gasteiger partial charge >= 0.3 is 5.97 Å². The lowest BCUT2D eigenvalue weighted by molar-refractivity contribution is -0.384. The van der Waals surface area contributed by atoms with E-state index in [0.29, 0.717) is 23.1 Å². The molecular formula is C18H17ClN2O7. The van der Waals surface area contributed by atoms with Crippen LogP contribution in [0.5, 0.6) is 11.5 Å². The number of halogens is 1. The van der Waals surface area contributed by atoms with E-state index in [2.05, 4.69) is 5.32 Å². The Labute approximate surface area is 165 Å². The molecule has 2 aromatic carbocycles. The van der Waals surface area contributed by atoms with Gasteiger partial charge in [-0.2, -0.15) is 0 Å². The van der Waals surface area contributed by atoms with Crippen molar-refractivity contribution in [1.29, 1.82) is 0 Å². The van der Waals surface area contributed by atoms with Gasteiger partial charge in [0.05, 0.1) is 17.6 Å². The van der Waals surface area contributed by atoms with Crippen molar-refractivity contribution in [2.24, 2.45) is 0 Å². The standard InChI is InChI=1S/C18H17ClN2O7/c1-2-26-14-7-8-15(16(9-14)21(24)25)20-17(22)10-28-18(23)11-27-13-5-3-12(19)4-6-13/h3-9H,2,10-11H2,1H3,(H,20,22). The summed E-state index contributed by atoms with van der Waals surface area (Å²) in [5, 5.41) is 14.0. The Morgan fingerprint density at radius 3 is 2.39 bits per heavy atom. The Morgan fingerprint density at radius 1 is 1.07 bits per heavy atom. The molecule has 0 aliphatic rings. The van der Waals surface area contributed by atoms with Crippen molar-refractivity contribution >= 4 is 34.9 Å². The van der Waals surface area contributed by atoms with Gasteiger partial charge in [0.25, 0.3) is 11.6 Å². The third kappa shape index (κ3) is 6.44. The van der Waals surface area contributed by atoms with E-state index in [1.807, 2.05) is 0 Å². The summed E-state index contributed by atoms with van der Waals surface area (Å²) in [5.74, 6) is -0.785. The second-order valence-electron chi connectivity index (χ2n) is 5.32. The summed E-state index contributed by atoms with van der Waals surface area (Å²) in [6.45, 7) is 1.06. The molecule has 0 bridgehead atoms. The lowest BCUT2D eigenvalue weighted by Gasteiger charge is -2.09. The van der Waals surface area contributed by atoms with Crippen LogP contribution in [0, 0.1) is 10.1 Å². The molecular weight excluding hydrogens is 392 g/mol. The Hall–Kier alpha value is -3.33. The number of ether oxygens (including phenoxy) is 3. The van der Waals surface area contributed by atoms with Crippen LogP contribution in [-0.2, 0) is 14.3 Å². The monoisotopic (exact) mass is 408 g/mol. The van der Waals surface area contributed by atoms with Gasteiger partial charge in [-0.1, -0.05) is 11.6 Å². The van der Waals surface area contributed by atoms with E-state index < -0.39 is 30.0 Å². The number of amides is 1. The van der Waals surface area contributed by atoms with E-state index in [-0.39, 0.29) is 11.4 Å². The zero-order chi connectivity index (χ0) is 20.5. The van der Waals surface area contributed by atoms with Crippen molar-refractivity contribution in [1.82, 2.24) is 0 Å². The molecule has 0 heterocycles. The number of benzene rings is 2. The van der Waals surface area contributed by atoms with Gasteiger partial charge in [-0.3, -0.25) is 14.9 Å². The molecule has 0 fully saturated rings. The lowest BCUT2D eigenvalue weighted by Crippen LogP contribution is -2.24. The maximum atomic E-state index is 11.9. The summed E-state index contributed by atoms with van der Waals surface area (Å²) in [6.07, 6.45) is 0. The van der Waals surface area contributed by atoms with E-state index in [4.69, 9.17) is 25.8 Å². The SMILES string of the molecule is CCOc1ccc(NC(=O)COC(=O)COc2ccc(Cl)cc2)c([N+](=O)[O-])c1. The highest BCUT2D eigenvalue weighted by molar-refractivity contribution is 6.30. The fourth-order valence-electron chi connectivity index (χ4n) is 2.07. The molecule has 0 atom stereocenters. The van der Waals surface area contributed by atoms with Crippen molar-refractivity contribution in [3.05, 3.63) is 57.6 Å². The Balaban J connectivity index is 1.85. The van der Waals surface area contributed by atoms with Gasteiger partial charge in [0.15, 0.2) is 13.2 Å². The van der Waals surface area contributed by atoms with Gasteiger partial charge < -0.3 is 19.5 Å². The molecule has 0 saturated carbocycles. The van der Waals surface area contributed by atoms with Gasteiger partial charge in [0.1, 0.15) is 17.2 Å². The minimum absolute atomic E-state index is 0.0353. The number of anilines is 1. The van der Waals surface area contributed by atoms with Crippen LogP contribution in [0.4, 0.5) is 11.4 Å². The average Bonchev–Trinajstić information content (AvgIpc) is 2.67. The highest BCUT2D eigenvalue weighted by Crippen LogP contribution is 2.29. The highest BCUT2D eigenvalue weighted by Gasteiger charge is 2.18. The maximum Gasteiger partial charge on any atom is 0.344 e. The number of carbonyl (C=O) groups is 2. The highest BCUT2D eigenvalue weighted by atomic mass is 35.5. The summed E-state index contributed by atoms with van der Waals surface area (Å²) in [5.41, 5.74) is -0.372. The Bertz CT molecular complexity index is 856. The van der Waals surface area contributed by atoms with Crippen LogP contribution in [-0.4, -0.2) is 36.6 Å². The smallest absolute Gasteiger partial charge is 0.344 e. The molecule has 2 rings (SSSR count). The molecule has 10 heteroatoms. The van der Waals surface area contributed by atoms with Gasteiger partial charge in [-0.15, -0.1) is 0 Å². The summed E-state index contributed by atoms with van der Waals surface area (Å²) < 4.78 is 15.2. The first-order valence-electron chi connectivity index (χ1n) is 8.14. The lowest BCUT2D eigenvalue weighted by atomic mass is 10.2. The van der Waals surface area contributed by atoms with Gasteiger partial charge in [-0.05, 0) is 43.3 Å². The number of esters is 1.